The highest BCUT2D eigenvalue weighted by molar-refractivity contribution is 5.77. The number of carboxylic acids is 1. The van der Waals surface area contributed by atoms with E-state index in [4.69, 9.17) is 15.9 Å². The van der Waals surface area contributed by atoms with Crippen molar-refractivity contribution in [3.05, 3.63) is 0 Å². The lowest BCUT2D eigenvalue weighted by molar-refractivity contribution is -0.139. The Morgan fingerprint density at radius 1 is 1.21 bits per heavy atom. The smallest absolute Gasteiger partial charge is 0.320 e. The monoisotopic (exact) mass is 207 g/mol. The number of carbonyl (C=O) groups excluding carboxylic acids is 1. The topological polar surface area (TPSA) is 153 Å². The Hall–Kier alpha value is -1.18. The van der Waals surface area contributed by atoms with E-state index >= 15 is 0 Å². The minimum atomic E-state index is -1.51. The summed E-state index contributed by atoms with van der Waals surface area (Å²) in [4.78, 5) is 19.6. The van der Waals surface area contributed by atoms with Crippen LogP contribution in [0.25, 0.3) is 0 Å². The van der Waals surface area contributed by atoms with Gasteiger partial charge in [0.15, 0.2) is 6.23 Å². The Morgan fingerprint density at radius 3 is 1.50 bits per heavy atom. The van der Waals surface area contributed by atoms with Crippen molar-refractivity contribution in [2.75, 3.05) is 0 Å². The van der Waals surface area contributed by atoms with Gasteiger partial charge in [0, 0.05) is 0 Å². The van der Waals surface area contributed by atoms with Crippen molar-refractivity contribution in [2.24, 2.45) is 23.1 Å². The predicted molar refractivity (Wildman–Crippen MR) is 49.8 cm³/mol. The van der Waals surface area contributed by atoms with Crippen LogP contribution < -0.4 is 17.2 Å². The Morgan fingerprint density at radius 2 is 1.50 bits per heavy atom. The van der Waals surface area contributed by atoms with Crippen LogP contribution in [0.2, 0.25) is 0 Å². The molecule has 0 saturated heterocycles. The maximum absolute atomic E-state index is 10.0. The highest BCUT2D eigenvalue weighted by Crippen LogP contribution is 1.96. The van der Waals surface area contributed by atoms with Gasteiger partial charge in [-0.2, -0.15) is 0 Å². The summed E-state index contributed by atoms with van der Waals surface area (Å²) in [5.41, 5.74) is 14.1. The Kier molecular flexibility index (Phi) is 7.92. The molecule has 14 heavy (non-hydrogen) atoms. The first-order valence-electron chi connectivity index (χ1n) is 3.91. The zero-order valence-corrected chi connectivity index (χ0v) is 8.18. The molecular formula is C7H17N3O4. The van der Waals surface area contributed by atoms with Gasteiger partial charge in [-0.3, -0.25) is 15.3 Å². The first-order chi connectivity index (χ1) is 6.20. The SMILES string of the molecule is CC(C)[C@H](N)C(=O)O.NC(=O)C(N)O. The van der Waals surface area contributed by atoms with Crippen molar-refractivity contribution in [3.63, 3.8) is 0 Å². The lowest BCUT2D eigenvalue weighted by Crippen LogP contribution is -2.35. The number of nitrogens with two attached hydrogens (primary N) is 3. The van der Waals surface area contributed by atoms with Gasteiger partial charge in [-0.1, -0.05) is 13.8 Å². The number of rotatable bonds is 3. The van der Waals surface area contributed by atoms with Gasteiger partial charge in [0.05, 0.1) is 0 Å². The molecule has 0 aliphatic carbocycles. The maximum atomic E-state index is 10.0. The van der Waals surface area contributed by atoms with E-state index in [9.17, 15) is 9.59 Å². The molecule has 8 N–H and O–H groups in total. The Labute approximate surface area is 81.9 Å². The minimum Gasteiger partial charge on any atom is -0.480 e. The van der Waals surface area contributed by atoms with E-state index in [-0.39, 0.29) is 5.92 Å². The summed E-state index contributed by atoms with van der Waals surface area (Å²) in [6.07, 6.45) is -1.51. The van der Waals surface area contributed by atoms with Crippen molar-refractivity contribution in [1.82, 2.24) is 0 Å². The number of primary amides is 1. The van der Waals surface area contributed by atoms with E-state index in [2.05, 4.69) is 11.5 Å². The quantitative estimate of drug-likeness (QED) is 0.331. The molecule has 0 radical (unpaired) electrons. The molecular weight excluding hydrogens is 190 g/mol. The fourth-order valence-corrected chi connectivity index (χ4v) is 0.285. The van der Waals surface area contributed by atoms with E-state index in [1.807, 2.05) is 0 Å². The second-order valence-corrected chi connectivity index (χ2v) is 2.96. The van der Waals surface area contributed by atoms with Crippen molar-refractivity contribution >= 4 is 11.9 Å². The zero-order valence-electron chi connectivity index (χ0n) is 8.18. The molecule has 0 spiro atoms. The van der Waals surface area contributed by atoms with Gasteiger partial charge in [-0.05, 0) is 5.92 Å². The Bertz CT molecular complexity index is 193. The van der Waals surface area contributed by atoms with Gasteiger partial charge in [0.1, 0.15) is 6.04 Å². The number of aliphatic hydroxyl groups excluding tert-OH is 1. The van der Waals surface area contributed by atoms with E-state index in [0.29, 0.717) is 0 Å². The standard InChI is InChI=1S/C5H11NO2.C2H6N2O2/c1-3(2)4(6)5(7)8;3-1(5)2(4)6/h3-4H,6H2,1-2H3,(H,7,8);1,5H,3H2,(H2,4,6)/t4-;/m0./s1. The molecule has 84 valence electrons. The van der Waals surface area contributed by atoms with Crippen LogP contribution in [0.4, 0.5) is 0 Å². The molecule has 0 aromatic rings. The third kappa shape index (κ3) is 8.91. The molecule has 1 amide bonds. The number of hydrogen-bond acceptors (Lipinski definition) is 5. The van der Waals surface area contributed by atoms with Crippen LogP contribution in [0, 0.1) is 5.92 Å². The summed E-state index contributed by atoms with van der Waals surface area (Å²) >= 11 is 0. The molecule has 0 heterocycles. The van der Waals surface area contributed by atoms with Crippen molar-refractivity contribution in [2.45, 2.75) is 26.1 Å². The molecule has 7 heteroatoms. The van der Waals surface area contributed by atoms with Crippen LogP contribution in [-0.4, -0.2) is 34.4 Å². The molecule has 1 unspecified atom stereocenters. The van der Waals surface area contributed by atoms with Gasteiger partial charge >= 0.3 is 5.97 Å². The van der Waals surface area contributed by atoms with E-state index in [0.717, 1.165) is 0 Å². The molecule has 0 saturated carbocycles. The second kappa shape index (κ2) is 7.25. The largest absolute Gasteiger partial charge is 0.480 e. The number of carboxylic acid groups (broad SMARTS) is 1. The minimum absolute atomic E-state index is 0.0208. The molecule has 0 aliphatic heterocycles. The molecule has 0 aromatic carbocycles. The van der Waals surface area contributed by atoms with Crippen LogP contribution in [-0.2, 0) is 9.59 Å². The molecule has 0 aliphatic rings. The fourth-order valence-electron chi connectivity index (χ4n) is 0.285. The zero-order chi connectivity index (χ0) is 11.9. The maximum Gasteiger partial charge on any atom is 0.320 e. The van der Waals surface area contributed by atoms with E-state index in [1.165, 1.54) is 0 Å². The summed E-state index contributed by atoms with van der Waals surface area (Å²) in [5, 5.41) is 16.2. The van der Waals surface area contributed by atoms with Gasteiger partial charge in [0.25, 0.3) is 5.91 Å². The van der Waals surface area contributed by atoms with Gasteiger partial charge < -0.3 is 21.7 Å². The van der Waals surface area contributed by atoms with Crippen molar-refractivity contribution in [3.8, 4) is 0 Å². The molecule has 2 atom stereocenters. The first kappa shape index (κ1) is 15.3. The number of amides is 1. The molecule has 0 rings (SSSR count). The Balaban J connectivity index is 0. The van der Waals surface area contributed by atoms with Crippen LogP contribution >= 0.6 is 0 Å². The number of carbonyl (C=O) groups is 2. The lowest BCUT2D eigenvalue weighted by atomic mass is 10.1. The summed E-state index contributed by atoms with van der Waals surface area (Å²) in [5.74, 6) is -1.82. The first-order valence-corrected chi connectivity index (χ1v) is 3.91. The number of aliphatic carboxylic acids is 1. The number of hydrogen-bond donors (Lipinski definition) is 5. The summed E-state index contributed by atoms with van der Waals surface area (Å²) in [6.45, 7) is 3.55. The molecule has 0 bridgehead atoms. The van der Waals surface area contributed by atoms with Gasteiger partial charge in [-0.25, -0.2) is 0 Å². The molecule has 0 aromatic heterocycles. The molecule has 0 fully saturated rings. The van der Waals surface area contributed by atoms with Crippen LogP contribution in [0.15, 0.2) is 0 Å². The average Bonchev–Trinajstić information content (AvgIpc) is 2.03. The van der Waals surface area contributed by atoms with Gasteiger partial charge in [0.2, 0.25) is 0 Å². The third-order valence-corrected chi connectivity index (χ3v) is 1.29. The molecule has 7 nitrogen and oxygen atoms in total. The summed E-state index contributed by atoms with van der Waals surface area (Å²) in [7, 11) is 0. The summed E-state index contributed by atoms with van der Waals surface area (Å²) in [6, 6.07) is -0.713. The van der Waals surface area contributed by atoms with Crippen molar-refractivity contribution in [1.29, 1.82) is 0 Å². The van der Waals surface area contributed by atoms with E-state index < -0.39 is 24.1 Å². The van der Waals surface area contributed by atoms with Crippen molar-refractivity contribution < 1.29 is 19.8 Å². The third-order valence-electron chi connectivity index (χ3n) is 1.29. The van der Waals surface area contributed by atoms with Crippen LogP contribution in [0.3, 0.4) is 0 Å². The normalized spacial score (nSPS) is 13.9. The average molecular weight is 207 g/mol. The lowest BCUT2D eigenvalue weighted by Gasteiger charge is -2.07. The predicted octanol–water partition coefficient (Wildman–Crippen LogP) is -2.20. The summed E-state index contributed by atoms with van der Waals surface area (Å²) < 4.78 is 0. The highest BCUT2D eigenvalue weighted by Gasteiger charge is 2.14. The van der Waals surface area contributed by atoms with Crippen LogP contribution in [0.1, 0.15) is 13.8 Å². The van der Waals surface area contributed by atoms with Crippen LogP contribution in [0.5, 0.6) is 0 Å². The number of aliphatic hydroxyl groups is 1. The highest BCUT2D eigenvalue weighted by atomic mass is 16.4. The second-order valence-electron chi connectivity index (χ2n) is 2.96. The van der Waals surface area contributed by atoms with E-state index in [1.54, 1.807) is 13.8 Å². The fraction of sp³-hybridized carbons (Fsp3) is 0.714. The van der Waals surface area contributed by atoms with Gasteiger partial charge in [-0.15, -0.1) is 0 Å².